The molecule has 1 N–H and O–H groups in total. The highest BCUT2D eigenvalue weighted by molar-refractivity contribution is 7.89. The fourth-order valence-corrected chi connectivity index (χ4v) is 4.20. The normalized spacial score (nSPS) is 17.5. The number of sulfonamides is 1. The van der Waals surface area contributed by atoms with Crippen LogP contribution in [-0.2, 0) is 16.6 Å². The number of hydrogen-bond donors (Lipinski definition) is 1. The number of hydrogen-bond acceptors (Lipinski definition) is 2. The third kappa shape index (κ3) is 4.79. The van der Waals surface area contributed by atoms with Crippen molar-refractivity contribution >= 4 is 21.6 Å². The van der Waals surface area contributed by atoms with Crippen molar-refractivity contribution in [3.8, 4) is 0 Å². The molecule has 3 nitrogen and oxygen atoms in total. The summed E-state index contributed by atoms with van der Waals surface area (Å²) in [6, 6.07) is 7.30. The smallest absolute Gasteiger partial charge is 0.212 e. The van der Waals surface area contributed by atoms with Crippen LogP contribution in [0.5, 0.6) is 0 Å². The lowest BCUT2D eigenvalue weighted by molar-refractivity contribution is 0.384. The highest BCUT2D eigenvalue weighted by atomic mass is 35.5. The Morgan fingerprint density at radius 2 is 1.84 bits per heavy atom. The summed E-state index contributed by atoms with van der Waals surface area (Å²) in [5.74, 6) is 0.565. The van der Waals surface area contributed by atoms with Crippen molar-refractivity contribution in [2.24, 2.45) is 5.92 Å². The van der Waals surface area contributed by atoms with Gasteiger partial charge in [0.1, 0.15) is 0 Å². The average Bonchev–Trinajstić information content (AvgIpc) is 2.38. The molecule has 0 bridgehead atoms. The van der Waals surface area contributed by atoms with Gasteiger partial charge < -0.3 is 0 Å². The van der Waals surface area contributed by atoms with Gasteiger partial charge in [-0.3, -0.25) is 0 Å². The van der Waals surface area contributed by atoms with Crippen molar-refractivity contribution in [2.75, 3.05) is 5.75 Å². The quantitative estimate of drug-likeness (QED) is 0.906. The van der Waals surface area contributed by atoms with Crippen LogP contribution in [0.2, 0.25) is 5.02 Å². The van der Waals surface area contributed by atoms with Gasteiger partial charge in [-0.25, -0.2) is 13.1 Å². The van der Waals surface area contributed by atoms with E-state index in [0.29, 0.717) is 10.9 Å². The third-order valence-electron chi connectivity index (χ3n) is 3.62. The first kappa shape index (κ1) is 14.8. The van der Waals surface area contributed by atoms with E-state index in [1.165, 1.54) is 6.42 Å². The molecular weight excluding hydrogens is 282 g/mol. The van der Waals surface area contributed by atoms with Crippen molar-refractivity contribution in [1.29, 1.82) is 0 Å². The Morgan fingerprint density at radius 1 is 1.16 bits per heavy atom. The van der Waals surface area contributed by atoms with Crippen LogP contribution in [0.4, 0.5) is 0 Å². The van der Waals surface area contributed by atoms with Crippen LogP contribution in [-0.4, -0.2) is 14.2 Å². The highest BCUT2D eigenvalue weighted by Gasteiger charge is 2.21. The summed E-state index contributed by atoms with van der Waals surface area (Å²) in [4.78, 5) is 0. The van der Waals surface area contributed by atoms with E-state index in [1.54, 1.807) is 6.07 Å². The van der Waals surface area contributed by atoms with Crippen LogP contribution >= 0.6 is 11.6 Å². The van der Waals surface area contributed by atoms with Crippen molar-refractivity contribution in [3.05, 3.63) is 34.9 Å². The van der Waals surface area contributed by atoms with E-state index in [1.807, 2.05) is 18.2 Å². The van der Waals surface area contributed by atoms with Crippen molar-refractivity contribution < 1.29 is 8.42 Å². The molecule has 1 fully saturated rings. The predicted octanol–water partition coefficient (Wildman–Crippen LogP) is 3.34. The predicted molar refractivity (Wildman–Crippen MR) is 78.7 cm³/mol. The van der Waals surface area contributed by atoms with E-state index in [9.17, 15) is 8.42 Å². The average molecular weight is 302 g/mol. The molecular formula is C14H20ClNO2S. The summed E-state index contributed by atoms with van der Waals surface area (Å²) in [5, 5.41) is 0.600. The zero-order valence-electron chi connectivity index (χ0n) is 10.9. The molecule has 106 valence electrons. The summed E-state index contributed by atoms with van der Waals surface area (Å²) in [7, 11) is -3.20. The topological polar surface area (TPSA) is 46.2 Å². The Balaban J connectivity index is 1.88. The Kier molecular flexibility index (Phi) is 5.25. The second-order valence-electron chi connectivity index (χ2n) is 5.20. The molecule has 2 rings (SSSR count). The molecule has 1 saturated carbocycles. The Bertz CT molecular complexity index is 510. The second-order valence-corrected chi connectivity index (χ2v) is 7.46. The standard InChI is InChI=1S/C14H20ClNO2S/c15-14-9-5-4-8-13(14)10-16-19(17,18)11-12-6-2-1-3-7-12/h4-5,8-9,12,16H,1-3,6-7,10-11H2. The van der Waals surface area contributed by atoms with Gasteiger partial charge in [-0.2, -0.15) is 0 Å². The molecule has 1 aliphatic carbocycles. The minimum absolute atomic E-state index is 0.247. The van der Waals surface area contributed by atoms with Crippen LogP contribution in [0.15, 0.2) is 24.3 Å². The number of nitrogens with one attached hydrogen (secondary N) is 1. The zero-order chi connectivity index (χ0) is 13.7. The van der Waals surface area contributed by atoms with Crippen LogP contribution in [0.3, 0.4) is 0 Å². The van der Waals surface area contributed by atoms with Gasteiger partial charge in [0.05, 0.1) is 5.75 Å². The number of halogens is 1. The molecule has 5 heteroatoms. The Morgan fingerprint density at radius 3 is 2.53 bits per heavy atom. The SMILES string of the molecule is O=S(=O)(CC1CCCCC1)NCc1ccccc1Cl. The fourth-order valence-electron chi connectivity index (χ4n) is 2.55. The Hall–Kier alpha value is -0.580. The van der Waals surface area contributed by atoms with Gasteiger partial charge in [0, 0.05) is 11.6 Å². The molecule has 0 heterocycles. The molecule has 0 aromatic heterocycles. The minimum atomic E-state index is -3.20. The van der Waals surface area contributed by atoms with E-state index in [2.05, 4.69) is 4.72 Å². The maximum atomic E-state index is 12.0. The lowest BCUT2D eigenvalue weighted by Crippen LogP contribution is -2.30. The lowest BCUT2D eigenvalue weighted by Gasteiger charge is -2.21. The maximum absolute atomic E-state index is 12.0. The molecule has 0 radical (unpaired) electrons. The zero-order valence-corrected chi connectivity index (χ0v) is 12.5. The first-order chi connectivity index (χ1) is 9.07. The van der Waals surface area contributed by atoms with Crippen LogP contribution in [0.1, 0.15) is 37.7 Å². The molecule has 0 amide bonds. The molecule has 0 spiro atoms. The Labute approximate surface area is 120 Å². The molecule has 0 saturated heterocycles. The van der Waals surface area contributed by atoms with Gasteiger partial charge in [0.15, 0.2) is 0 Å². The van der Waals surface area contributed by atoms with E-state index >= 15 is 0 Å². The molecule has 1 aliphatic rings. The van der Waals surface area contributed by atoms with Gasteiger partial charge in [-0.1, -0.05) is 49.1 Å². The van der Waals surface area contributed by atoms with Crippen LogP contribution < -0.4 is 4.72 Å². The second kappa shape index (κ2) is 6.73. The minimum Gasteiger partial charge on any atom is -0.212 e. The van der Waals surface area contributed by atoms with E-state index in [0.717, 1.165) is 31.2 Å². The molecule has 1 aromatic rings. The van der Waals surface area contributed by atoms with Crippen LogP contribution in [0.25, 0.3) is 0 Å². The monoisotopic (exact) mass is 301 g/mol. The maximum Gasteiger partial charge on any atom is 0.212 e. The van der Waals surface area contributed by atoms with E-state index in [-0.39, 0.29) is 12.3 Å². The first-order valence-corrected chi connectivity index (χ1v) is 8.80. The summed E-state index contributed by atoms with van der Waals surface area (Å²) < 4.78 is 26.7. The molecule has 1 aromatic carbocycles. The summed E-state index contributed by atoms with van der Waals surface area (Å²) >= 11 is 6.01. The highest BCUT2D eigenvalue weighted by Crippen LogP contribution is 2.24. The van der Waals surface area contributed by atoms with E-state index < -0.39 is 10.0 Å². The van der Waals surface area contributed by atoms with Gasteiger partial charge in [-0.15, -0.1) is 0 Å². The fraction of sp³-hybridized carbons (Fsp3) is 0.571. The van der Waals surface area contributed by atoms with Gasteiger partial charge in [-0.05, 0) is 30.4 Å². The molecule has 0 unspecified atom stereocenters. The summed E-state index contributed by atoms with van der Waals surface area (Å²) in [6.45, 7) is 0.273. The first-order valence-electron chi connectivity index (χ1n) is 6.77. The summed E-state index contributed by atoms with van der Waals surface area (Å²) in [6.07, 6.45) is 5.62. The summed E-state index contributed by atoms with van der Waals surface area (Å²) in [5.41, 5.74) is 0.816. The molecule has 0 aliphatic heterocycles. The van der Waals surface area contributed by atoms with Gasteiger partial charge >= 0.3 is 0 Å². The molecule has 19 heavy (non-hydrogen) atoms. The number of rotatable bonds is 5. The van der Waals surface area contributed by atoms with E-state index in [4.69, 9.17) is 11.6 Å². The lowest BCUT2D eigenvalue weighted by atomic mass is 9.91. The van der Waals surface area contributed by atoms with Crippen molar-refractivity contribution in [3.63, 3.8) is 0 Å². The van der Waals surface area contributed by atoms with Crippen molar-refractivity contribution in [1.82, 2.24) is 4.72 Å². The van der Waals surface area contributed by atoms with Crippen molar-refractivity contribution in [2.45, 2.75) is 38.6 Å². The van der Waals surface area contributed by atoms with Gasteiger partial charge in [0.2, 0.25) is 10.0 Å². The third-order valence-corrected chi connectivity index (χ3v) is 5.48. The molecule has 0 atom stereocenters. The van der Waals surface area contributed by atoms with Crippen LogP contribution in [0, 0.1) is 5.92 Å². The number of benzene rings is 1. The van der Waals surface area contributed by atoms with Gasteiger partial charge in [0.25, 0.3) is 0 Å². The largest absolute Gasteiger partial charge is 0.212 e.